The first kappa shape index (κ1) is 71.1. The predicted octanol–water partition coefficient (Wildman–Crippen LogP) is 20.8. The number of carbonyl (C=O) groups is 2. The lowest BCUT2D eigenvalue weighted by atomic mass is 10.0. The normalized spacial score (nSPS) is 12.8. The SMILES string of the molecule is CCCCCC/C=C\C/C=C\CCCCCCCC(=O)OCCCCCCCCCCCCCC/C=C\CCCCCCCCCCCCCCCCC(=O)NC(CO)C(O)CCCCCCCCCCCC. The molecule has 0 spiro atoms. The van der Waals surface area contributed by atoms with E-state index in [-0.39, 0.29) is 18.5 Å². The molecule has 6 nitrogen and oxygen atoms in total. The van der Waals surface area contributed by atoms with E-state index >= 15 is 0 Å². The topological polar surface area (TPSA) is 95.9 Å². The Balaban J connectivity index is 3.34. The zero-order valence-corrected chi connectivity index (χ0v) is 49.1. The predicted molar refractivity (Wildman–Crippen MR) is 319 cm³/mol. The highest BCUT2D eigenvalue weighted by molar-refractivity contribution is 5.76. The molecule has 0 aliphatic rings. The third kappa shape index (κ3) is 59.2. The standard InChI is InChI=1S/C67H127NO5/c1-3-5-7-9-11-13-15-16-17-35-38-41-45-49-53-57-61-67(72)73-62-58-54-50-46-42-39-36-33-31-29-27-25-23-21-19-18-20-22-24-26-28-30-32-34-37-40-44-48-52-56-60-66(71)68-64(63-69)65(70)59-55-51-47-43-14-12-10-8-6-4-2/h13,15,17,19,21,35,64-65,69-70H,3-12,14,16,18,20,22-34,36-63H2,1-2H3,(H,68,71)/b15-13-,21-19-,35-17-. The van der Waals surface area contributed by atoms with Crippen LogP contribution in [0.2, 0.25) is 0 Å². The summed E-state index contributed by atoms with van der Waals surface area (Å²) in [5.74, 6) is -0.0306. The third-order valence-corrected chi connectivity index (χ3v) is 15.2. The average Bonchev–Trinajstić information content (AvgIpc) is 3.39. The fourth-order valence-corrected chi connectivity index (χ4v) is 10.1. The van der Waals surface area contributed by atoms with E-state index in [2.05, 4.69) is 55.6 Å². The van der Waals surface area contributed by atoms with E-state index in [0.29, 0.717) is 25.9 Å². The van der Waals surface area contributed by atoms with E-state index in [4.69, 9.17) is 4.74 Å². The minimum Gasteiger partial charge on any atom is -0.466 e. The first-order valence-electron chi connectivity index (χ1n) is 32.7. The highest BCUT2D eigenvalue weighted by Crippen LogP contribution is 2.18. The molecule has 0 rings (SSSR count). The van der Waals surface area contributed by atoms with Crippen molar-refractivity contribution in [2.24, 2.45) is 0 Å². The van der Waals surface area contributed by atoms with Crippen LogP contribution in [-0.2, 0) is 14.3 Å². The summed E-state index contributed by atoms with van der Waals surface area (Å²) in [6.45, 7) is 4.93. The molecule has 0 radical (unpaired) electrons. The maximum atomic E-state index is 12.4. The molecule has 73 heavy (non-hydrogen) atoms. The number of esters is 1. The van der Waals surface area contributed by atoms with E-state index in [1.54, 1.807) is 0 Å². The number of allylic oxidation sites excluding steroid dienone is 6. The molecule has 0 saturated heterocycles. The third-order valence-electron chi connectivity index (χ3n) is 15.2. The van der Waals surface area contributed by atoms with Gasteiger partial charge in [-0.25, -0.2) is 0 Å². The zero-order valence-electron chi connectivity index (χ0n) is 49.1. The highest BCUT2D eigenvalue weighted by atomic mass is 16.5. The number of rotatable bonds is 61. The molecule has 0 fully saturated rings. The van der Waals surface area contributed by atoms with E-state index < -0.39 is 12.1 Å². The summed E-state index contributed by atoms with van der Waals surface area (Å²) in [5, 5.41) is 23.2. The summed E-state index contributed by atoms with van der Waals surface area (Å²) in [4.78, 5) is 24.5. The molecule has 1 amide bonds. The van der Waals surface area contributed by atoms with Crippen molar-refractivity contribution in [3.05, 3.63) is 36.5 Å². The van der Waals surface area contributed by atoms with Gasteiger partial charge in [0.2, 0.25) is 5.91 Å². The van der Waals surface area contributed by atoms with Gasteiger partial charge < -0.3 is 20.3 Å². The maximum absolute atomic E-state index is 12.4. The molecule has 6 heteroatoms. The van der Waals surface area contributed by atoms with Crippen LogP contribution in [0, 0.1) is 0 Å². The van der Waals surface area contributed by atoms with Crippen molar-refractivity contribution < 1.29 is 24.5 Å². The largest absolute Gasteiger partial charge is 0.466 e. The Morgan fingerprint density at radius 1 is 0.384 bits per heavy atom. The molecule has 2 unspecified atom stereocenters. The molecular formula is C67H127NO5. The molecule has 0 heterocycles. The van der Waals surface area contributed by atoms with Crippen molar-refractivity contribution in [2.75, 3.05) is 13.2 Å². The summed E-state index contributed by atoms with van der Waals surface area (Å²) in [6, 6.07) is -0.538. The van der Waals surface area contributed by atoms with Crippen LogP contribution in [0.1, 0.15) is 354 Å². The molecule has 3 N–H and O–H groups in total. The molecule has 0 bridgehead atoms. The highest BCUT2D eigenvalue weighted by Gasteiger charge is 2.20. The quantitative estimate of drug-likeness (QED) is 0.0320. The van der Waals surface area contributed by atoms with Crippen LogP contribution in [0.3, 0.4) is 0 Å². The molecule has 0 aliphatic heterocycles. The minimum absolute atomic E-state index is 0.00364. The average molecular weight is 1030 g/mol. The smallest absolute Gasteiger partial charge is 0.305 e. The molecule has 0 aliphatic carbocycles. The minimum atomic E-state index is -0.661. The number of hydrogen-bond donors (Lipinski definition) is 3. The van der Waals surface area contributed by atoms with Crippen LogP contribution in [-0.4, -0.2) is 47.4 Å². The Morgan fingerprint density at radius 2 is 0.685 bits per heavy atom. The summed E-state index contributed by atoms with van der Waals surface area (Å²) < 4.78 is 5.49. The first-order valence-corrected chi connectivity index (χ1v) is 32.7. The lowest BCUT2D eigenvalue weighted by Gasteiger charge is -2.22. The zero-order chi connectivity index (χ0) is 52.9. The van der Waals surface area contributed by atoms with Crippen molar-refractivity contribution >= 4 is 11.9 Å². The maximum Gasteiger partial charge on any atom is 0.305 e. The number of nitrogens with one attached hydrogen (secondary N) is 1. The molecule has 2 atom stereocenters. The van der Waals surface area contributed by atoms with E-state index in [0.717, 1.165) is 51.4 Å². The number of unbranched alkanes of at least 4 members (excludes halogenated alkanes) is 44. The van der Waals surface area contributed by atoms with E-state index in [1.165, 1.54) is 270 Å². The number of aliphatic hydroxyl groups excluding tert-OH is 2. The Bertz CT molecular complexity index is 1180. The van der Waals surface area contributed by atoms with Gasteiger partial charge in [-0.05, 0) is 83.5 Å². The van der Waals surface area contributed by atoms with Gasteiger partial charge in [0, 0.05) is 12.8 Å². The first-order chi connectivity index (χ1) is 36.0. The second-order valence-electron chi connectivity index (χ2n) is 22.4. The fourth-order valence-electron chi connectivity index (χ4n) is 10.1. The van der Waals surface area contributed by atoms with Gasteiger partial charge in [-0.15, -0.1) is 0 Å². The van der Waals surface area contributed by atoms with Crippen molar-refractivity contribution in [3.8, 4) is 0 Å². The van der Waals surface area contributed by atoms with Crippen molar-refractivity contribution in [3.63, 3.8) is 0 Å². The number of carbonyl (C=O) groups excluding carboxylic acids is 2. The van der Waals surface area contributed by atoms with Gasteiger partial charge in [-0.2, -0.15) is 0 Å². The lowest BCUT2D eigenvalue weighted by Crippen LogP contribution is -2.45. The van der Waals surface area contributed by atoms with Crippen molar-refractivity contribution in [2.45, 2.75) is 366 Å². The van der Waals surface area contributed by atoms with E-state index in [9.17, 15) is 19.8 Å². The van der Waals surface area contributed by atoms with Gasteiger partial charge >= 0.3 is 5.97 Å². The van der Waals surface area contributed by atoms with Crippen LogP contribution in [0.5, 0.6) is 0 Å². The van der Waals surface area contributed by atoms with Crippen LogP contribution < -0.4 is 5.32 Å². The van der Waals surface area contributed by atoms with Gasteiger partial charge in [-0.3, -0.25) is 9.59 Å². The van der Waals surface area contributed by atoms with Gasteiger partial charge in [0.1, 0.15) is 0 Å². The van der Waals surface area contributed by atoms with Gasteiger partial charge in [-0.1, -0.05) is 294 Å². The van der Waals surface area contributed by atoms with Gasteiger partial charge in [0.25, 0.3) is 0 Å². The van der Waals surface area contributed by atoms with Crippen LogP contribution in [0.25, 0.3) is 0 Å². The lowest BCUT2D eigenvalue weighted by molar-refractivity contribution is -0.143. The summed E-state index contributed by atoms with van der Waals surface area (Å²) in [6.07, 6.45) is 79.0. The fraction of sp³-hybridized carbons (Fsp3) is 0.881. The number of aliphatic hydroxyl groups is 2. The Labute approximate surface area is 455 Å². The van der Waals surface area contributed by atoms with Crippen molar-refractivity contribution in [1.29, 1.82) is 0 Å². The summed E-state index contributed by atoms with van der Waals surface area (Å²) in [5.41, 5.74) is 0. The Kier molecular flexibility index (Phi) is 61.0. The summed E-state index contributed by atoms with van der Waals surface area (Å²) in [7, 11) is 0. The summed E-state index contributed by atoms with van der Waals surface area (Å²) >= 11 is 0. The number of ether oxygens (including phenoxy) is 1. The molecule has 0 aromatic rings. The van der Waals surface area contributed by atoms with Gasteiger partial charge in [0.05, 0.1) is 25.4 Å². The number of amides is 1. The second kappa shape index (κ2) is 62.6. The second-order valence-corrected chi connectivity index (χ2v) is 22.4. The Hall–Kier alpha value is -1.92. The molecule has 0 aromatic carbocycles. The van der Waals surface area contributed by atoms with E-state index in [1.807, 2.05) is 0 Å². The van der Waals surface area contributed by atoms with Crippen molar-refractivity contribution in [1.82, 2.24) is 5.32 Å². The van der Waals surface area contributed by atoms with Gasteiger partial charge in [0.15, 0.2) is 0 Å². The van der Waals surface area contributed by atoms with Crippen LogP contribution in [0.15, 0.2) is 36.5 Å². The Morgan fingerprint density at radius 3 is 1.07 bits per heavy atom. The van der Waals surface area contributed by atoms with Crippen LogP contribution >= 0.6 is 0 Å². The molecule has 0 aromatic heterocycles. The molecule has 0 saturated carbocycles. The monoisotopic (exact) mass is 1030 g/mol. The van der Waals surface area contributed by atoms with Crippen LogP contribution in [0.4, 0.5) is 0 Å². The molecular weight excluding hydrogens is 899 g/mol. The number of hydrogen-bond acceptors (Lipinski definition) is 5. The molecule has 430 valence electrons.